The van der Waals surface area contributed by atoms with Crippen molar-refractivity contribution in [2.75, 3.05) is 25.5 Å². The van der Waals surface area contributed by atoms with Gasteiger partial charge in [-0.1, -0.05) is 6.92 Å². The molecule has 2 aromatic rings. The van der Waals surface area contributed by atoms with Crippen molar-refractivity contribution < 1.29 is 27.5 Å². The van der Waals surface area contributed by atoms with Crippen LogP contribution < -0.4 is 10.1 Å². The van der Waals surface area contributed by atoms with Crippen LogP contribution in [-0.4, -0.2) is 36.9 Å². The van der Waals surface area contributed by atoms with E-state index in [2.05, 4.69) is 21.2 Å². The van der Waals surface area contributed by atoms with E-state index >= 15 is 0 Å². The molecule has 2 amide bonds. The standard InChI is InChI=1S/C19H18BrF3N2O3/c1-3-8-25(19(27)12-9-11(28-2)4-5-13(12)20)10-16(26)24-15-7-6-14(21)17(22)18(15)23/h4-7,9H,3,8,10H2,1-2H3,(H,24,26). The number of carbonyl (C=O) groups is 2. The average Bonchev–Trinajstić information content (AvgIpc) is 2.68. The predicted octanol–water partition coefficient (Wildman–Crippen LogP) is 4.37. The first-order valence-electron chi connectivity index (χ1n) is 8.34. The summed E-state index contributed by atoms with van der Waals surface area (Å²) in [5.74, 6) is -5.26. The van der Waals surface area contributed by atoms with Gasteiger partial charge in [0.2, 0.25) is 5.91 Å². The minimum Gasteiger partial charge on any atom is -0.497 e. The van der Waals surface area contributed by atoms with Crippen LogP contribution in [0.15, 0.2) is 34.8 Å². The van der Waals surface area contributed by atoms with Crippen LogP contribution in [0.3, 0.4) is 0 Å². The number of anilines is 1. The minimum absolute atomic E-state index is 0.260. The van der Waals surface area contributed by atoms with Gasteiger partial charge in [-0.15, -0.1) is 0 Å². The summed E-state index contributed by atoms with van der Waals surface area (Å²) in [4.78, 5) is 26.4. The van der Waals surface area contributed by atoms with Gasteiger partial charge in [0.1, 0.15) is 12.3 Å². The van der Waals surface area contributed by atoms with E-state index in [4.69, 9.17) is 4.74 Å². The fraction of sp³-hybridized carbons (Fsp3) is 0.263. The number of nitrogens with zero attached hydrogens (tertiary/aromatic N) is 1. The van der Waals surface area contributed by atoms with Crippen LogP contribution in [0.25, 0.3) is 0 Å². The van der Waals surface area contributed by atoms with E-state index in [9.17, 15) is 22.8 Å². The third-order valence-corrected chi connectivity index (χ3v) is 4.52. The Balaban J connectivity index is 2.19. The van der Waals surface area contributed by atoms with E-state index in [0.717, 1.165) is 6.07 Å². The second-order valence-corrected chi connectivity index (χ2v) is 6.70. The van der Waals surface area contributed by atoms with Crippen molar-refractivity contribution in [2.24, 2.45) is 0 Å². The second kappa shape index (κ2) is 9.59. The molecule has 0 aliphatic heterocycles. The Morgan fingerprint density at radius 1 is 1.14 bits per heavy atom. The molecule has 1 N–H and O–H groups in total. The lowest BCUT2D eigenvalue weighted by atomic mass is 10.1. The lowest BCUT2D eigenvalue weighted by molar-refractivity contribution is -0.116. The first-order chi connectivity index (χ1) is 13.3. The van der Waals surface area contributed by atoms with Crippen molar-refractivity contribution >= 4 is 33.4 Å². The van der Waals surface area contributed by atoms with Crippen LogP contribution in [0.1, 0.15) is 23.7 Å². The summed E-state index contributed by atoms with van der Waals surface area (Å²) < 4.78 is 45.7. The van der Waals surface area contributed by atoms with E-state index in [1.54, 1.807) is 12.1 Å². The summed E-state index contributed by atoms with van der Waals surface area (Å²) in [5.41, 5.74) is -0.213. The molecule has 150 valence electrons. The molecule has 0 heterocycles. The normalized spacial score (nSPS) is 10.5. The Hall–Kier alpha value is -2.55. The molecule has 0 fully saturated rings. The summed E-state index contributed by atoms with van der Waals surface area (Å²) >= 11 is 3.29. The third kappa shape index (κ3) is 5.03. The van der Waals surface area contributed by atoms with Crippen molar-refractivity contribution in [3.63, 3.8) is 0 Å². The molecule has 0 saturated carbocycles. The van der Waals surface area contributed by atoms with Crippen LogP contribution >= 0.6 is 15.9 Å². The number of hydrogen-bond acceptors (Lipinski definition) is 3. The lowest BCUT2D eigenvalue weighted by Crippen LogP contribution is -2.38. The maximum atomic E-state index is 13.7. The minimum atomic E-state index is -1.68. The van der Waals surface area contributed by atoms with Crippen molar-refractivity contribution in [3.8, 4) is 5.75 Å². The van der Waals surface area contributed by atoms with Gasteiger partial charge in [0.25, 0.3) is 5.91 Å². The zero-order valence-electron chi connectivity index (χ0n) is 15.2. The molecule has 0 unspecified atom stereocenters. The first kappa shape index (κ1) is 21.7. The van der Waals surface area contributed by atoms with E-state index < -0.39 is 41.5 Å². The number of halogens is 4. The van der Waals surface area contributed by atoms with E-state index in [1.165, 1.54) is 18.1 Å². The van der Waals surface area contributed by atoms with Crippen LogP contribution in [0.2, 0.25) is 0 Å². The van der Waals surface area contributed by atoms with Gasteiger partial charge in [0, 0.05) is 11.0 Å². The molecule has 0 atom stereocenters. The number of rotatable bonds is 7. The molecule has 0 radical (unpaired) electrons. The van der Waals surface area contributed by atoms with Gasteiger partial charge < -0.3 is 15.0 Å². The van der Waals surface area contributed by atoms with Crippen LogP contribution in [0.5, 0.6) is 5.75 Å². The molecule has 2 aromatic carbocycles. The number of amides is 2. The molecule has 28 heavy (non-hydrogen) atoms. The predicted molar refractivity (Wildman–Crippen MR) is 102 cm³/mol. The maximum Gasteiger partial charge on any atom is 0.255 e. The lowest BCUT2D eigenvalue weighted by Gasteiger charge is -2.22. The van der Waals surface area contributed by atoms with Crippen molar-refractivity contribution in [1.29, 1.82) is 0 Å². The maximum absolute atomic E-state index is 13.7. The van der Waals surface area contributed by atoms with E-state index in [-0.39, 0.29) is 6.54 Å². The van der Waals surface area contributed by atoms with Crippen LogP contribution in [0, 0.1) is 17.5 Å². The average molecular weight is 459 g/mol. The highest BCUT2D eigenvalue weighted by atomic mass is 79.9. The van der Waals surface area contributed by atoms with Gasteiger partial charge in [-0.05, 0) is 52.7 Å². The molecule has 0 saturated heterocycles. The summed E-state index contributed by atoms with van der Waals surface area (Å²) in [7, 11) is 1.46. The fourth-order valence-corrected chi connectivity index (χ4v) is 2.89. The highest BCUT2D eigenvalue weighted by Crippen LogP contribution is 2.24. The highest BCUT2D eigenvalue weighted by Gasteiger charge is 2.22. The molecule has 0 bridgehead atoms. The molecule has 0 aliphatic carbocycles. The largest absolute Gasteiger partial charge is 0.497 e. The Morgan fingerprint density at radius 2 is 1.86 bits per heavy atom. The number of hydrogen-bond donors (Lipinski definition) is 1. The molecule has 2 rings (SSSR count). The number of nitrogens with one attached hydrogen (secondary N) is 1. The van der Waals surface area contributed by atoms with Gasteiger partial charge in [0.15, 0.2) is 17.5 Å². The van der Waals surface area contributed by atoms with Gasteiger partial charge in [-0.25, -0.2) is 13.2 Å². The molecular formula is C19H18BrF3N2O3. The summed E-state index contributed by atoms with van der Waals surface area (Å²) in [5, 5.41) is 2.16. The Labute approximate surface area is 168 Å². The Kier molecular flexibility index (Phi) is 7.45. The topological polar surface area (TPSA) is 58.6 Å². The highest BCUT2D eigenvalue weighted by molar-refractivity contribution is 9.10. The number of methoxy groups -OCH3 is 1. The molecule has 5 nitrogen and oxygen atoms in total. The Bertz CT molecular complexity index is 893. The van der Waals surface area contributed by atoms with Crippen molar-refractivity contribution in [2.45, 2.75) is 13.3 Å². The Morgan fingerprint density at radius 3 is 2.50 bits per heavy atom. The van der Waals surface area contributed by atoms with Gasteiger partial charge in [-0.2, -0.15) is 0 Å². The fourth-order valence-electron chi connectivity index (χ4n) is 2.47. The molecular weight excluding hydrogens is 441 g/mol. The molecule has 0 spiro atoms. The zero-order chi connectivity index (χ0) is 20.8. The monoisotopic (exact) mass is 458 g/mol. The summed E-state index contributed by atoms with van der Waals surface area (Å²) in [6.45, 7) is 1.69. The van der Waals surface area contributed by atoms with Crippen molar-refractivity contribution in [3.05, 3.63) is 57.8 Å². The molecule has 0 aromatic heterocycles. The third-order valence-electron chi connectivity index (χ3n) is 3.83. The van der Waals surface area contributed by atoms with Crippen LogP contribution in [0.4, 0.5) is 18.9 Å². The quantitative estimate of drug-likeness (QED) is 0.626. The number of carbonyl (C=O) groups excluding carboxylic acids is 2. The van der Waals surface area contributed by atoms with Gasteiger partial charge >= 0.3 is 0 Å². The number of ether oxygens (including phenoxy) is 1. The summed E-state index contributed by atoms with van der Waals surface area (Å²) in [6.07, 6.45) is 0.570. The number of benzene rings is 2. The zero-order valence-corrected chi connectivity index (χ0v) is 16.8. The summed E-state index contributed by atoms with van der Waals surface area (Å²) in [6, 6.07) is 6.46. The second-order valence-electron chi connectivity index (χ2n) is 5.84. The van der Waals surface area contributed by atoms with E-state index in [1.807, 2.05) is 6.92 Å². The van der Waals surface area contributed by atoms with Crippen LogP contribution in [-0.2, 0) is 4.79 Å². The molecule has 0 aliphatic rings. The van der Waals surface area contributed by atoms with Gasteiger partial charge in [-0.3, -0.25) is 9.59 Å². The first-order valence-corrected chi connectivity index (χ1v) is 9.13. The molecule has 9 heteroatoms. The smallest absolute Gasteiger partial charge is 0.255 e. The van der Waals surface area contributed by atoms with E-state index in [0.29, 0.717) is 28.3 Å². The van der Waals surface area contributed by atoms with Crippen molar-refractivity contribution in [1.82, 2.24) is 4.90 Å². The SMILES string of the molecule is CCCN(CC(=O)Nc1ccc(F)c(F)c1F)C(=O)c1cc(OC)ccc1Br. The van der Waals surface area contributed by atoms with Gasteiger partial charge in [0.05, 0.1) is 18.4 Å².